The summed E-state index contributed by atoms with van der Waals surface area (Å²) in [5.41, 5.74) is 0.996. The number of nitrogens with one attached hydrogen (secondary N) is 1. The van der Waals surface area contributed by atoms with Gasteiger partial charge in [0.1, 0.15) is 5.75 Å². The average molecular weight is 354 g/mol. The van der Waals surface area contributed by atoms with Crippen molar-refractivity contribution in [1.82, 2.24) is 15.1 Å². The zero-order valence-corrected chi connectivity index (χ0v) is 15.4. The van der Waals surface area contributed by atoms with Gasteiger partial charge in [-0.2, -0.15) is 8.78 Å². The minimum atomic E-state index is -2.80. The topological polar surface area (TPSA) is 40.1 Å². The van der Waals surface area contributed by atoms with Crippen molar-refractivity contribution >= 4 is 5.96 Å². The van der Waals surface area contributed by atoms with Gasteiger partial charge in [0.25, 0.3) is 0 Å². The van der Waals surface area contributed by atoms with Gasteiger partial charge in [-0.25, -0.2) is 0 Å². The van der Waals surface area contributed by atoms with E-state index in [0.717, 1.165) is 24.1 Å². The molecule has 1 atom stereocenters. The highest BCUT2D eigenvalue weighted by Gasteiger charge is 2.29. The molecule has 140 valence electrons. The van der Waals surface area contributed by atoms with Crippen molar-refractivity contribution in [3.05, 3.63) is 29.8 Å². The van der Waals surface area contributed by atoms with Gasteiger partial charge in [0.2, 0.25) is 0 Å². The number of alkyl halides is 2. The molecular weight excluding hydrogens is 326 g/mol. The van der Waals surface area contributed by atoms with Gasteiger partial charge in [-0.3, -0.25) is 9.89 Å². The van der Waals surface area contributed by atoms with E-state index in [1.165, 1.54) is 12.8 Å². The SMILES string of the molecule is CN=C(NCC(C)N(C)C1CC1)N(C)Cc1ccc(OC(F)F)cc1. The molecule has 0 heterocycles. The van der Waals surface area contributed by atoms with E-state index in [2.05, 4.69) is 33.9 Å². The number of hydrogen-bond acceptors (Lipinski definition) is 3. The normalized spacial score (nSPS) is 16.2. The first-order valence-corrected chi connectivity index (χ1v) is 8.58. The molecule has 0 aromatic heterocycles. The van der Waals surface area contributed by atoms with Gasteiger partial charge in [0.15, 0.2) is 5.96 Å². The zero-order valence-electron chi connectivity index (χ0n) is 15.4. The van der Waals surface area contributed by atoms with Gasteiger partial charge >= 0.3 is 6.61 Å². The molecule has 0 spiro atoms. The molecule has 1 unspecified atom stereocenters. The molecule has 0 bridgehead atoms. The molecular formula is C18H28F2N4O. The van der Waals surface area contributed by atoms with E-state index in [1.54, 1.807) is 31.3 Å². The number of likely N-dealkylation sites (N-methyl/N-ethyl adjacent to an activating group) is 1. The van der Waals surface area contributed by atoms with Gasteiger partial charge in [0, 0.05) is 39.3 Å². The van der Waals surface area contributed by atoms with E-state index in [9.17, 15) is 8.78 Å². The van der Waals surface area contributed by atoms with E-state index in [-0.39, 0.29) is 5.75 Å². The molecule has 0 aliphatic heterocycles. The van der Waals surface area contributed by atoms with Crippen LogP contribution in [0.15, 0.2) is 29.3 Å². The summed E-state index contributed by atoms with van der Waals surface area (Å²) >= 11 is 0. The molecule has 25 heavy (non-hydrogen) atoms. The standard InChI is InChI=1S/C18H28F2N4O/c1-13(24(4)15-7-8-15)11-22-18(21-2)23(3)12-14-5-9-16(10-6-14)25-17(19)20/h5-6,9-10,13,15,17H,7-8,11-12H2,1-4H3,(H,21,22). The lowest BCUT2D eigenvalue weighted by atomic mass is 10.2. The average Bonchev–Trinajstić information content (AvgIpc) is 3.40. The van der Waals surface area contributed by atoms with Crippen LogP contribution < -0.4 is 10.1 Å². The molecule has 1 aliphatic rings. The highest BCUT2D eigenvalue weighted by molar-refractivity contribution is 5.79. The molecule has 7 heteroatoms. The summed E-state index contributed by atoms with van der Waals surface area (Å²) in [5, 5.41) is 3.40. The van der Waals surface area contributed by atoms with Crippen LogP contribution >= 0.6 is 0 Å². The summed E-state index contributed by atoms with van der Waals surface area (Å²) in [4.78, 5) is 8.73. The first-order valence-electron chi connectivity index (χ1n) is 8.58. The summed E-state index contributed by atoms with van der Waals surface area (Å²) in [6.45, 7) is 0.861. The van der Waals surface area contributed by atoms with Gasteiger partial charge < -0.3 is 15.0 Å². The quantitative estimate of drug-likeness (QED) is 0.576. The molecule has 1 N–H and O–H groups in total. The fraction of sp³-hybridized carbons (Fsp3) is 0.611. The number of guanidine groups is 1. The predicted molar refractivity (Wildman–Crippen MR) is 96.1 cm³/mol. The Morgan fingerprint density at radius 1 is 1.28 bits per heavy atom. The van der Waals surface area contributed by atoms with Crippen LogP contribution in [0.1, 0.15) is 25.3 Å². The molecule has 2 rings (SSSR count). The van der Waals surface area contributed by atoms with Crippen LogP contribution in [0, 0.1) is 0 Å². The first kappa shape index (κ1) is 19.4. The van der Waals surface area contributed by atoms with Crippen LogP contribution in [0.25, 0.3) is 0 Å². The molecule has 1 aliphatic carbocycles. The fourth-order valence-electron chi connectivity index (χ4n) is 2.73. The number of hydrogen-bond donors (Lipinski definition) is 1. The van der Waals surface area contributed by atoms with E-state index < -0.39 is 6.61 Å². The second kappa shape index (κ2) is 8.99. The Morgan fingerprint density at radius 2 is 1.92 bits per heavy atom. The number of benzene rings is 1. The number of ether oxygens (including phenoxy) is 1. The van der Waals surface area contributed by atoms with Crippen molar-refractivity contribution in [3.8, 4) is 5.75 Å². The monoisotopic (exact) mass is 354 g/mol. The Balaban J connectivity index is 1.83. The summed E-state index contributed by atoms with van der Waals surface area (Å²) in [6, 6.07) is 7.83. The second-order valence-corrected chi connectivity index (χ2v) is 6.55. The van der Waals surface area contributed by atoms with Crippen molar-refractivity contribution in [2.75, 3.05) is 27.7 Å². The Bertz CT molecular complexity index is 561. The number of rotatable bonds is 8. The van der Waals surface area contributed by atoms with Crippen molar-refractivity contribution < 1.29 is 13.5 Å². The Kier molecular flexibility index (Phi) is 6.99. The minimum absolute atomic E-state index is 0.167. The molecule has 1 aromatic rings. The Hall–Kier alpha value is -1.89. The van der Waals surface area contributed by atoms with E-state index in [1.807, 2.05) is 11.9 Å². The first-order chi connectivity index (χ1) is 11.9. The number of halogens is 2. The van der Waals surface area contributed by atoms with Crippen LogP contribution in [-0.2, 0) is 6.54 Å². The van der Waals surface area contributed by atoms with Gasteiger partial charge in [-0.05, 0) is 44.5 Å². The smallest absolute Gasteiger partial charge is 0.387 e. The molecule has 1 saturated carbocycles. The summed E-state index contributed by atoms with van der Waals surface area (Å²) in [7, 11) is 5.88. The lowest BCUT2D eigenvalue weighted by Crippen LogP contribution is -2.45. The van der Waals surface area contributed by atoms with E-state index in [0.29, 0.717) is 12.6 Å². The number of nitrogens with zero attached hydrogens (tertiary/aromatic N) is 3. The Morgan fingerprint density at radius 3 is 2.44 bits per heavy atom. The van der Waals surface area contributed by atoms with Crippen molar-refractivity contribution in [2.24, 2.45) is 4.99 Å². The lowest BCUT2D eigenvalue weighted by Gasteiger charge is -2.28. The molecule has 0 radical (unpaired) electrons. The minimum Gasteiger partial charge on any atom is -0.435 e. The maximum Gasteiger partial charge on any atom is 0.387 e. The maximum atomic E-state index is 12.2. The second-order valence-electron chi connectivity index (χ2n) is 6.55. The van der Waals surface area contributed by atoms with Gasteiger partial charge in [-0.1, -0.05) is 12.1 Å². The molecule has 1 aromatic carbocycles. The zero-order chi connectivity index (χ0) is 18.4. The fourth-order valence-corrected chi connectivity index (χ4v) is 2.73. The van der Waals surface area contributed by atoms with Crippen molar-refractivity contribution in [2.45, 2.75) is 45.0 Å². The third-order valence-corrected chi connectivity index (χ3v) is 4.52. The van der Waals surface area contributed by atoms with Crippen LogP contribution in [0.3, 0.4) is 0 Å². The van der Waals surface area contributed by atoms with Gasteiger partial charge in [-0.15, -0.1) is 0 Å². The Labute approximate surface area is 148 Å². The third-order valence-electron chi connectivity index (χ3n) is 4.52. The number of aliphatic imine (C=N–C) groups is 1. The molecule has 5 nitrogen and oxygen atoms in total. The third kappa shape index (κ3) is 6.16. The van der Waals surface area contributed by atoms with Crippen molar-refractivity contribution in [1.29, 1.82) is 0 Å². The lowest BCUT2D eigenvalue weighted by molar-refractivity contribution is -0.0498. The highest BCUT2D eigenvalue weighted by Crippen LogP contribution is 2.26. The van der Waals surface area contributed by atoms with E-state index >= 15 is 0 Å². The largest absolute Gasteiger partial charge is 0.435 e. The van der Waals surface area contributed by atoms with Gasteiger partial charge in [0.05, 0.1) is 0 Å². The molecule has 0 saturated heterocycles. The van der Waals surface area contributed by atoms with Crippen LogP contribution in [0.5, 0.6) is 5.75 Å². The molecule has 1 fully saturated rings. The maximum absolute atomic E-state index is 12.2. The van der Waals surface area contributed by atoms with Crippen LogP contribution in [-0.4, -0.2) is 62.1 Å². The summed E-state index contributed by atoms with van der Waals surface area (Å²) in [6.07, 6.45) is 2.58. The van der Waals surface area contributed by atoms with Crippen molar-refractivity contribution in [3.63, 3.8) is 0 Å². The van der Waals surface area contributed by atoms with Crippen LogP contribution in [0.4, 0.5) is 8.78 Å². The summed E-state index contributed by atoms with van der Waals surface area (Å²) < 4.78 is 28.7. The van der Waals surface area contributed by atoms with E-state index in [4.69, 9.17) is 0 Å². The molecule has 0 amide bonds. The highest BCUT2D eigenvalue weighted by atomic mass is 19.3. The van der Waals surface area contributed by atoms with Crippen LogP contribution in [0.2, 0.25) is 0 Å². The predicted octanol–water partition coefficient (Wildman–Crippen LogP) is 2.78. The summed E-state index contributed by atoms with van der Waals surface area (Å²) in [5.74, 6) is 0.977.